The molecule has 0 amide bonds. The van der Waals surface area contributed by atoms with Crippen molar-refractivity contribution in [1.29, 1.82) is 0 Å². The number of aromatic nitrogens is 2. The average Bonchev–Trinajstić information content (AvgIpc) is 2.81. The molecule has 1 aromatic carbocycles. The van der Waals surface area contributed by atoms with Crippen molar-refractivity contribution in [2.24, 2.45) is 12.8 Å². The Labute approximate surface area is 118 Å². The van der Waals surface area contributed by atoms with Crippen LogP contribution in [-0.4, -0.2) is 15.8 Å². The van der Waals surface area contributed by atoms with Crippen molar-refractivity contribution in [3.63, 3.8) is 0 Å². The normalized spacial score (nSPS) is 12.4. The second-order valence-corrected chi connectivity index (χ2v) is 4.94. The molecule has 0 aliphatic rings. The topological polar surface area (TPSA) is 53.1 Å². The fourth-order valence-corrected chi connectivity index (χ4v) is 1.97. The summed E-state index contributed by atoms with van der Waals surface area (Å²) in [5.74, 6) is 0.204. The summed E-state index contributed by atoms with van der Waals surface area (Å²) in [5.41, 5.74) is 7.56. The second kappa shape index (κ2) is 6.52. The molecule has 20 heavy (non-hydrogen) atoms. The minimum absolute atomic E-state index is 0.0421. The van der Waals surface area contributed by atoms with Crippen molar-refractivity contribution in [2.75, 3.05) is 0 Å². The van der Waals surface area contributed by atoms with Gasteiger partial charge in [-0.25, -0.2) is 4.39 Å². The van der Waals surface area contributed by atoms with E-state index in [9.17, 15) is 4.39 Å². The Hall–Kier alpha value is -1.88. The van der Waals surface area contributed by atoms with Gasteiger partial charge in [0.2, 0.25) is 0 Å². The van der Waals surface area contributed by atoms with E-state index in [0.717, 1.165) is 17.7 Å². The Balaban J connectivity index is 2.03. The van der Waals surface area contributed by atoms with E-state index in [1.165, 1.54) is 12.1 Å². The molecule has 0 aliphatic heterocycles. The maximum Gasteiger partial charge on any atom is 0.132 e. The van der Waals surface area contributed by atoms with E-state index >= 15 is 0 Å². The van der Waals surface area contributed by atoms with Gasteiger partial charge in [0.1, 0.15) is 18.2 Å². The standard InChI is InChI=1S/C15H20FN3O/c1-3-13(17)7-11-6-12(16)9-15(8-11)20-10-14-4-5-19(2)18-14/h4-6,8-9,13H,3,7,10,17H2,1-2H3. The molecule has 1 heterocycles. The fraction of sp³-hybridized carbons (Fsp3) is 0.400. The maximum atomic E-state index is 13.6. The van der Waals surface area contributed by atoms with Gasteiger partial charge in [0.05, 0.1) is 5.69 Å². The molecule has 4 nitrogen and oxygen atoms in total. The molecule has 1 atom stereocenters. The number of hydrogen-bond acceptors (Lipinski definition) is 3. The molecule has 0 saturated carbocycles. The number of hydrogen-bond donors (Lipinski definition) is 1. The molecule has 0 radical (unpaired) electrons. The lowest BCUT2D eigenvalue weighted by Crippen LogP contribution is -2.21. The van der Waals surface area contributed by atoms with Gasteiger partial charge in [0.15, 0.2) is 0 Å². The summed E-state index contributed by atoms with van der Waals surface area (Å²) < 4.78 is 20.9. The predicted molar refractivity (Wildman–Crippen MR) is 75.9 cm³/mol. The van der Waals surface area contributed by atoms with E-state index in [1.807, 2.05) is 32.3 Å². The third kappa shape index (κ3) is 4.06. The van der Waals surface area contributed by atoms with Crippen molar-refractivity contribution in [1.82, 2.24) is 9.78 Å². The average molecular weight is 277 g/mol. The van der Waals surface area contributed by atoms with Gasteiger partial charge in [-0.3, -0.25) is 4.68 Å². The van der Waals surface area contributed by atoms with Gasteiger partial charge in [0, 0.05) is 25.4 Å². The van der Waals surface area contributed by atoms with Crippen LogP contribution in [0.25, 0.3) is 0 Å². The van der Waals surface area contributed by atoms with Crippen molar-refractivity contribution in [3.8, 4) is 5.75 Å². The molecule has 5 heteroatoms. The van der Waals surface area contributed by atoms with Crippen LogP contribution in [0.15, 0.2) is 30.5 Å². The molecule has 0 aliphatic carbocycles. The van der Waals surface area contributed by atoms with Crippen LogP contribution in [0.3, 0.4) is 0 Å². The molecule has 0 bridgehead atoms. The third-order valence-electron chi connectivity index (χ3n) is 3.11. The number of ether oxygens (including phenoxy) is 1. The summed E-state index contributed by atoms with van der Waals surface area (Å²) in [6, 6.07) is 6.63. The fourth-order valence-electron chi connectivity index (χ4n) is 1.97. The smallest absolute Gasteiger partial charge is 0.132 e. The van der Waals surface area contributed by atoms with Crippen LogP contribution < -0.4 is 10.5 Å². The van der Waals surface area contributed by atoms with Gasteiger partial charge >= 0.3 is 0 Å². The lowest BCUT2D eigenvalue weighted by molar-refractivity contribution is 0.298. The summed E-state index contributed by atoms with van der Waals surface area (Å²) in [6.07, 6.45) is 3.35. The van der Waals surface area contributed by atoms with Crippen LogP contribution in [-0.2, 0) is 20.1 Å². The molecule has 2 rings (SSSR count). The molecule has 2 aromatic rings. The highest BCUT2D eigenvalue weighted by Gasteiger charge is 2.07. The van der Waals surface area contributed by atoms with E-state index < -0.39 is 0 Å². The molecular weight excluding hydrogens is 257 g/mol. The van der Waals surface area contributed by atoms with Gasteiger partial charge in [-0.2, -0.15) is 5.10 Å². The highest BCUT2D eigenvalue weighted by atomic mass is 19.1. The van der Waals surface area contributed by atoms with Crippen LogP contribution in [0.4, 0.5) is 4.39 Å². The summed E-state index contributed by atoms with van der Waals surface area (Å²) in [4.78, 5) is 0. The van der Waals surface area contributed by atoms with E-state index in [1.54, 1.807) is 4.68 Å². The summed E-state index contributed by atoms with van der Waals surface area (Å²) >= 11 is 0. The van der Waals surface area contributed by atoms with Crippen LogP contribution in [0.1, 0.15) is 24.6 Å². The first-order chi connectivity index (χ1) is 9.56. The molecule has 108 valence electrons. The second-order valence-electron chi connectivity index (χ2n) is 4.94. The Bertz CT molecular complexity index is 568. The van der Waals surface area contributed by atoms with E-state index in [4.69, 9.17) is 10.5 Å². The number of aryl methyl sites for hydroxylation is 1. The van der Waals surface area contributed by atoms with Gasteiger partial charge in [-0.1, -0.05) is 6.92 Å². The Morgan fingerprint density at radius 2 is 2.20 bits per heavy atom. The minimum Gasteiger partial charge on any atom is -0.487 e. The highest BCUT2D eigenvalue weighted by Crippen LogP contribution is 2.19. The molecule has 1 unspecified atom stereocenters. The molecule has 2 N–H and O–H groups in total. The molecule has 0 spiro atoms. The Kier molecular flexibility index (Phi) is 4.74. The molecular formula is C15H20FN3O. The first kappa shape index (κ1) is 14.5. The van der Waals surface area contributed by atoms with Crippen molar-refractivity contribution >= 4 is 0 Å². The summed E-state index contributed by atoms with van der Waals surface area (Å²) in [7, 11) is 1.84. The van der Waals surface area contributed by atoms with Crippen molar-refractivity contribution in [3.05, 3.63) is 47.5 Å². The molecule has 1 aromatic heterocycles. The van der Waals surface area contributed by atoms with Crippen LogP contribution >= 0.6 is 0 Å². The lowest BCUT2D eigenvalue weighted by atomic mass is 10.0. The van der Waals surface area contributed by atoms with Gasteiger partial charge in [-0.05, 0) is 36.6 Å². The van der Waals surface area contributed by atoms with E-state index in [-0.39, 0.29) is 11.9 Å². The Morgan fingerprint density at radius 3 is 2.85 bits per heavy atom. The van der Waals surface area contributed by atoms with E-state index in [2.05, 4.69) is 5.10 Å². The highest BCUT2D eigenvalue weighted by molar-refractivity contribution is 5.30. The lowest BCUT2D eigenvalue weighted by Gasteiger charge is -2.11. The van der Waals surface area contributed by atoms with E-state index in [0.29, 0.717) is 18.8 Å². The monoisotopic (exact) mass is 277 g/mol. The molecule has 0 fully saturated rings. The van der Waals surface area contributed by atoms with Crippen LogP contribution in [0, 0.1) is 5.82 Å². The Morgan fingerprint density at radius 1 is 1.40 bits per heavy atom. The number of halogens is 1. The quantitative estimate of drug-likeness (QED) is 0.882. The predicted octanol–water partition coefficient (Wildman–Crippen LogP) is 2.42. The zero-order valence-corrected chi connectivity index (χ0v) is 11.8. The number of benzene rings is 1. The van der Waals surface area contributed by atoms with Gasteiger partial charge in [-0.15, -0.1) is 0 Å². The van der Waals surface area contributed by atoms with Crippen molar-refractivity contribution in [2.45, 2.75) is 32.4 Å². The first-order valence-electron chi connectivity index (χ1n) is 6.73. The zero-order valence-electron chi connectivity index (χ0n) is 11.8. The minimum atomic E-state index is -0.304. The SMILES string of the molecule is CCC(N)Cc1cc(F)cc(OCc2ccn(C)n2)c1. The summed E-state index contributed by atoms with van der Waals surface area (Å²) in [6.45, 7) is 2.34. The summed E-state index contributed by atoms with van der Waals surface area (Å²) in [5, 5.41) is 4.21. The number of nitrogens with zero attached hydrogens (tertiary/aromatic N) is 2. The van der Waals surface area contributed by atoms with Gasteiger partial charge in [0.25, 0.3) is 0 Å². The maximum absolute atomic E-state index is 13.6. The number of nitrogens with two attached hydrogens (primary N) is 1. The first-order valence-corrected chi connectivity index (χ1v) is 6.73. The third-order valence-corrected chi connectivity index (χ3v) is 3.11. The van der Waals surface area contributed by atoms with Gasteiger partial charge < -0.3 is 10.5 Å². The van der Waals surface area contributed by atoms with Crippen LogP contribution in [0.5, 0.6) is 5.75 Å². The zero-order chi connectivity index (χ0) is 14.5. The van der Waals surface area contributed by atoms with Crippen LogP contribution in [0.2, 0.25) is 0 Å². The number of rotatable bonds is 6. The van der Waals surface area contributed by atoms with Crippen molar-refractivity contribution < 1.29 is 9.13 Å². The largest absolute Gasteiger partial charge is 0.487 e. The molecule has 0 saturated heterocycles.